The summed E-state index contributed by atoms with van der Waals surface area (Å²) in [6.07, 6.45) is 16.2. The first-order valence-corrected chi connectivity index (χ1v) is 11.8. The predicted molar refractivity (Wildman–Crippen MR) is 123 cm³/mol. The lowest BCUT2D eigenvalue weighted by Gasteiger charge is -2.07. The van der Waals surface area contributed by atoms with Crippen molar-refractivity contribution in [3.8, 4) is 5.75 Å². The molecule has 2 aromatic carbocycles. The van der Waals surface area contributed by atoms with E-state index >= 15 is 0 Å². The van der Waals surface area contributed by atoms with E-state index in [0.717, 1.165) is 19.3 Å². The van der Waals surface area contributed by atoms with Crippen molar-refractivity contribution >= 4 is 5.97 Å². The molecule has 0 aliphatic carbocycles. The lowest BCUT2D eigenvalue weighted by Crippen LogP contribution is -2.09. The van der Waals surface area contributed by atoms with E-state index in [1.165, 1.54) is 70.3 Å². The Morgan fingerprint density at radius 3 is 1.90 bits per heavy atom. The number of para-hydroxylation sites is 1. The summed E-state index contributed by atoms with van der Waals surface area (Å²) >= 11 is 0. The summed E-state index contributed by atoms with van der Waals surface area (Å²) in [5.74, 6) is -0.388. The van der Waals surface area contributed by atoms with Gasteiger partial charge in [0.15, 0.2) is 0 Å². The van der Waals surface area contributed by atoms with Crippen LogP contribution in [-0.4, -0.2) is 5.97 Å². The lowest BCUT2D eigenvalue weighted by atomic mass is 10.0. The maximum absolute atomic E-state index is 14.4. The van der Waals surface area contributed by atoms with Gasteiger partial charge in [0, 0.05) is 0 Å². The normalized spacial score (nSPS) is 10.9. The minimum absolute atomic E-state index is 0.245. The fourth-order valence-corrected chi connectivity index (χ4v) is 3.69. The van der Waals surface area contributed by atoms with E-state index in [1.807, 2.05) is 6.07 Å². The number of esters is 1. The number of benzene rings is 2. The van der Waals surface area contributed by atoms with Crippen molar-refractivity contribution in [2.45, 2.75) is 90.4 Å². The standard InChI is InChI=1S/C27H37FO2/c1-2-3-4-5-6-7-8-9-10-11-12-14-17-23-20-21-24(22-26(23)28)27(29)30-25-18-15-13-16-19-25/h13,15-16,18-22H,2-12,14,17H2,1H3. The van der Waals surface area contributed by atoms with Gasteiger partial charge in [0.1, 0.15) is 11.6 Å². The number of aryl methyl sites for hydroxylation is 1. The Hall–Kier alpha value is -2.16. The van der Waals surface area contributed by atoms with Gasteiger partial charge in [-0.25, -0.2) is 9.18 Å². The number of carbonyl (C=O) groups is 1. The first kappa shape index (κ1) is 24.1. The van der Waals surface area contributed by atoms with Gasteiger partial charge in [-0.2, -0.15) is 0 Å². The summed E-state index contributed by atoms with van der Waals surface area (Å²) in [7, 11) is 0. The first-order chi connectivity index (χ1) is 14.7. The zero-order valence-corrected chi connectivity index (χ0v) is 18.5. The van der Waals surface area contributed by atoms with Crippen molar-refractivity contribution in [2.24, 2.45) is 0 Å². The molecule has 0 radical (unpaired) electrons. The average molecular weight is 413 g/mol. The molecule has 0 amide bonds. The molecule has 0 unspecified atom stereocenters. The summed E-state index contributed by atoms with van der Waals surface area (Å²) in [5, 5.41) is 0. The number of halogens is 1. The van der Waals surface area contributed by atoms with Gasteiger partial charge in [-0.05, 0) is 42.7 Å². The van der Waals surface area contributed by atoms with Crippen molar-refractivity contribution in [3.05, 3.63) is 65.5 Å². The quantitative estimate of drug-likeness (QED) is 0.167. The van der Waals surface area contributed by atoms with E-state index in [2.05, 4.69) is 6.92 Å². The molecule has 0 saturated heterocycles. The van der Waals surface area contributed by atoms with Crippen LogP contribution in [0, 0.1) is 5.82 Å². The molecule has 0 aliphatic heterocycles. The lowest BCUT2D eigenvalue weighted by molar-refractivity contribution is 0.0734. The molecule has 2 rings (SSSR count). The van der Waals surface area contributed by atoms with Crippen LogP contribution in [0.1, 0.15) is 99.9 Å². The van der Waals surface area contributed by atoms with Crippen LogP contribution in [0.3, 0.4) is 0 Å². The van der Waals surface area contributed by atoms with Crippen molar-refractivity contribution in [1.29, 1.82) is 0 Å². The first-order valence-electron chi connectivity index (χ1n) is 11.8. The monoisotopic (exact) mass is 412 g/mol. The highest BCUT2D eigenvalue weighted by Gasteiger charge is 2.12. The number of hydrogen-bond donors (Lipinski definition) is 0. The van der Waals surface area contributed by atoms with Gasteiger partial charge in [0.25, 0.3) is 0 Å². The zero-order valence-electron chi connectivity index (χ0n) is 18.5. The fraction of sp³-hybridized carbons (Fsp3) is 0.519. The highest BCUT2D eigenvalue weighted by atomic mass is 19.1. The Morgan fingerprint density at radius 1 is 0.767 bits per heavy atom. The minimum Gasteiger partial charge on any atom is -0.423 e. The van der Waals surface area contributed by atoms with Gasteiger partial charge in [-0.1, -0.05) is 102 Å². The molecule has 0 heterocycles. The second kappa shape index (κ2) is 14.8. The largest absolute Gasteiger partial charge is 0.423 e. The summed E-state index contributed by atoms with van der Waals surface area (Å²) in [6.45, 7) is 2.26. The highest BCUT2D eigenvalue weighted by molar-refractivity contribution is 5.91. The number of carbonyl (C=O) groups excluding carboxylic acids is 1. The topological polar surface area (TPSA) is 26.3 Å². The van der Waals surface area contributed by atoms with E-state index in [9.17, 15) is 9.18 Å². The van der Waals surface area contributed by atoms with E-state index in [1.54, 1.807) is 36.4 Å². The van der Waals surface area contributed by atoms with Crippen LogP contribution in [0.25, 0.3) is 0 Å². The third kappa shape index (κ3) is 9.56. The molecule has 0 bridgehead atoms. The van der Waals surface area contributed by atoms with Gasteiger partial charge in [-0.3, -0.25) is 0 Å². The van der Waals surface area contributed by atoms with Crippen molar-refractivity contribution in [3.63, 3.8) is 0 Å². The molecule has 0 saturated carbocycles. The number of rotatable bonds is 15. The maximum Gasteiger partial charge on any atom is 0.343 e. The molecule has 0 aliphatic rings. The smallest absolute Gasteiger partial charge is 0.343 e. The van der Waals surface area contributed by atoms with Crippen LogP contribution in [0.5, 0.6) is 5.75 Å². The molecule has 0 spiro atoms. The maximum atomic E-state index is 14.4. The van der Waals surface area contributed by atoms with Gasteiger partial charge in [-0.15, -0.1) is 0 Å². The minimum atomic E-state index is -0.531. The molecule has 0 aromatic heterocycles. The van der Waals surface area contributed by atoms with Crippen LogP contribution in [0.2, 0.25) is 0 Å². The van der Waals surface area contributed by atoms with Crippen molar-refractivity contribution < 1.29 is 13.9 Å². The Kier molecular flexibility index (Phi) is 11.9. The number of unbranched alkanes of at least 4 members (excludes halogenated alkanes) is 11. The molecule has 0 N–H and O–H groups in total. The summed E-state index contributed by atoms with van der Waals surface area (Å²) in [4.78, 5) is 12.2. The van der Waals surface area contributed by atoms with Crippen molar-refractivity contribution in [1.82, 2.24) is 0 Å². The van der Waals surface area contributed by atoms with Gasteiger partial charge >= 0.3 is 5.97 Å². The van der Waals surface area contributed by atoms with Crippen LogP contribution >= 0.6 is 0 Å². The van der Waals surface area contributed by atoms with Crippen molar-refractivity contribution in [2.75, 3.05) is 0 Å². The fourth-order valence-electron chi connectivity index (χ4n) is 3.69. The predicted octanol–water partition coefficient (Wildman–Crippen LogP) is 8.29. The van der Waals surface area contributed by atoms with Crippen LogP contribution in [0.15, 0.2) is 48.5 Å². The highest BCUT2D eigenvalue weighted by Crippen LogP contribution is 2.18. The molecule has 164 valence electrons. The van der Waals surface area contributed by atoms with Gasteiger partial charge in [0.2, 0.25) is 0 Å². The Morgan fingerprint density at radius 2 is 1.33 bits per heavy atom. The van der Waals surface area contributed by atoms with Gasteiger partial charge < -0.3 is 4.74 Å². The Labute approximate surface area is 181 Å². The summed E-state index contributed by atoms with van der Waals surface area (Å²) in [5.41, 5.74) is 0.924. The van der Waals surface area contributed by atoms with E-state index in [0.29, 0.717) is 11.3 Å². The second-order valence-electron chi connectivity index (χ2n) is 8.15. The van der Waals surface area contributed by atoms with E-state index < -0.39 is 5.97 Å². The molecule has 2 nitrogen and oxygen atoms in total. The molecule has 0 fully saturated rings. The van der Waals surface area contributed by atoms with Crippen LogP contribution < -0.4 is 4.74 Å². The van der Waals surface area contributed by atoms with Gasteiger partial charge in [0.05, 0.1) is 5.56 Å². The average Bonchev–Trinajstić information content (AvgIpc) is 2.76. The van der Waals surface area contributed by atoms with Crippen LogP contribution in [-0.2, 0) is 6.42 Å². The summed E-state index contributed by atoms with van der Waals surface area (Å²) < 4.78 is 19.6. The molecule has 30 heavy (non-hydrogen) atoms. The molecule has 3 heteroatoms. The molecular weight excluding hydrogens is 375 g/mol. The van der Waals surface area contributed by atoms with E-state index in [-0.39, 0.29) is 11.4 Å². The Bertz CT molecular complexity index is 727. The SMILES string of the molecule is CCCCCCCCCCCCCCc1ccc(C(=O)Oc2ccccc2)cc1F. The number of hydrogen-bond acceptors (Lipinski definition) is 2. The molecule has 0 atom stereocenters. The van der Waals surface area contributed by atoms with Crippen LogP contribution in [0.4, 0.5) is 4.39 Å². The third-order valence-electron chi connectivity index (χ3n) is 5.54. The second-order valence-corrected chi connectivity index (χ2v) is 8.15. The van der Waals surface area contributed by atoms with E-state index in [4.69, 9.17) is 4.74 Å². The third-order valence-corrected chi connectivity index (χ3v) is 5.54. The molecule has 2 aromatic rings. The molecular formula is C27H37FO2. The Balaban J connectivity index is 1.58. The zero-order chi connectivity index (χ0) is 21.4. The number of ether oxygens (including phenoxy) is 1. The summed E-state index contributed by atoms with van der Waals surface area (Å²) in [6, 6.07) is 13.5.